The molecule has 1 aliphatic rings. The van der Waals surface area contributed by atoms with Crippen molar-refractivity contribution in [3.8, 4) is 17.2 Å². The Balaban J connectivity index is 1.99. The lowest BCUT2D eigenvalue weighted by Gasteiger charge is -2.35. The highest BCUT2D eigenvalue weighted by Crippen LogP contribution is 2.53. The zero-order valence-electron chi connectivity index (χ0n) is 17.1. The second-order valence-corrected chi connectivity index (χ2v) is 8.16. The zero-order chi connectivity index (χ0) is 22.0. The molecule has 0 aromatic heterocycles. The molecular formula is C25H21BrO5. The van der Waals surface area contributed by atoms with Crippen molar-refractivity contribution in [1.29, 1.82) is 0 Å². The fraction of sp³-hybridized carbons (Fsp3) is 0.200. The number of ether oxygens (including phenoxy) is 3. The predicted octanol–water partition coefficient (Wildman–Crippen LogP) is 5.31. The maximum atomic E-state index is 14.1. The van der Waals surface area contributed by atoms with Crippen molar-refractivity contribution >= 4 is 28.0 Å². The number of carbonyl (C=O) groups is 2. The lowest BCUT2D eigenvalue weighted by Crippen LogP contribution is -2.43. The van der Waals surface area contributed by atoms with E-state index in [9.17, 15) is 9.59 Å². The minimum atomic E-state index is -1.43. The molecular weight excluding hydrogens is 460 g/mol. The van der Waals surface area contributed by atoms with Gasteiger partial charge >= 0.3 is 0 Å². The molecule has 4 rings (SSSR count). The first-order valence-corrected chi connectivity index (χ1v) is 10.6. The van der Waals surface area contributed by atoms with Crippen LogP contribution in [0.1, 0.15) is 33.8 Å². The van der Waals surface area contributed by atoms with Crippen molar-refractivity contribution < 1.29 is 23.8 Å². The van der Waals surface area contributed by atoms with Gasteiger partial charge in [-0.1, -0.05) is 58.4 Å². The first-order chi connectivity index (χ1) is 15.0. The van der Waals surface area contributed by atoms with Crippen LogP contribution in [0.2, 0.25) is 0 Å². The summed E-state index contributed by atoms with van der Waals surface area (Å²) in [6.45, 7) is 0. The van der Waals surface area contributed by atoms with Gasteiger partial charge in [-0.3, -0.25) is 4.79 Å². The Morgan fingerprint density at radius 3 is 2.35 bits per heavy atom. The molecule has 0 unspecified atom stereocenters. The molecule has 0 saturated carbocycles. The Labute approximate surface area is 189 Å². The molecule has 158 valence electrons. The van der Waals surface area contributed by atoms with Gasteiger partial charge < -0.3 is 19.0 Å². The van der Waals surface area contributed by atoms with Crippen molar-refractivity contribution in [3.05, 3.63) is 87.9 Å². The number of rotatable bonds is 7. The van der Waals surface area contributed by atoms with Gasteiger partial charge in [0.2, 0.25) is 11.4 Å². The van der Waals surface area contributed by atoms with Gasteiger partial charge in [0, 0.05) is 34.5 Å². The number of hydrogen-bond donors (Lipinski definition) is 0. The van der Waals surface area contributed by atoms with Gasteiger partial charge in [0.25, 0.3) is 0 Å². The summed E-state index contributed by atoms with van der Waals surface area (Å²) in [5.74, 6) is 0.469. The van der Waals surface area contributed by atoms with Crippen molar-refractivity contribution in [2.45, 2.75) is 17.9 Å². The van der Waals surface area contributed by atoms with Crippen LogP contribution >= 0.6 is 15.9 Å². The van der Waals surface area contributed by atoms with Crippen LogP contribution in [0, 0.1) is 0 Å². The fourth-order valence-electron chi connectivity index (χ4n) is 4.19. The smallest absolute Gasteiger partial charge is 0.219 e. The average molecular weight is 481 g/mol. The molecule has 2 atom stereocenters. The molecule has 0 N–H and O–H groups in total. The zero-order valence-corrected chi connectivity index (χ0v) is 18.7. The number of carbonyl (C=O) groups excluding carboxylic acids is 2. The van der Waals surface area contributed by atoms with E-state index in [1.165, 1.54) is 7.11 Å². The number of fused-ring (bicyclic) bond motifs is 1. The van der Waals surface area contributed by atoms with Gasteiger partial charge in [-0.2, -0.15) is 0 Å². The predicted molar refractivity (Wildman–Crippen MR) is 120 cm³/mol. The van der Waals surface area contributed by atoms with Gasteiger partial charge in [-0.25, -0.2) is 0 Å². The van der Waals surface area contributed by atoms with Gasteiger partial charge in [0.1, 0.15) is 29.1 Å². The number of methoxy groups -OCH3 is 2. The minimum absolute atomic E-state index is 0.110. The van der Waals surface area contributed by atoms with Crippen LogP contribution in [0.4, 0.5) is 0 Å². The standard InChI is InChI=1S/C25H21BrO5/c1-29-19-14-21(30-2)23-22(15-19)31-25(24(23)28,17-8-10-18(26)11-9-17)20(12-13-27)16-6-4-3-5-7-16/h3-11,13-15,20H,12H2,1-2H3/t20-,25+/m0/s1. The fourth-order valence-corrected chi connectivity index (χ4v) is 4.46. The molecule has 3 aromatic rings. The normalized spacial score (nSPS) is 18.1. The van der Waals surface area contributed by atoms with E-state index in [1.54, 1.807) is 19.2 Å². The second kappa shape index (κ2) is 8.55. The van der Waals surface area contributed by atoms with Crippen LogP contribution in [0.15, 0.2) is 71.2 Å². The van der Waals surface area contributed by atoms with Gasteiger partial charge in [0.15, 0.2) is 0 Å². The number of benzene rings is 3. The van der Waals surface area contributed by atoms with E-state index in [-0.39, 0.29) is 12.2 Å². The van der Waals surface area contributed by atoms with Gasteiger partial charge in [-0.05, 0) is 17.7 Å². The highest BCUT2D eigenvalue weighted by molar-refractivity contribution is 9.10. The summed E-state index contributed by atoms with van der Waals surface area (Å²) in [4.78, 5) is 25.9. The maximum Gasteiger partial charge on any atom is 0.219 e. The highest BCUT2D eigenvalue weighted by atomic mass is 79.9. The summed E-state index contributed by atoms with van der Waals surface area (Å²) < 4.78 is 18.2. The quantitative estimate of drug-likeness (QED) is 0.428. The third kappa shape index (κ3) is 3.51. The molecule has 0 fully saturated rings. The topological polar surface area (TPSA) is 61.8 Å². The molecule has 1 aliphatic heterocycles. The molecule has 1 heterocycles. The molecule has 0 saturated heterocycles. The number of halogens is 1. The average Bonchev–Trinajstić information content (AvgIpc) is 3.10. The van der Waals surface area contributed by atoms with Crippen LogP contribution in [-0.2, 0) is 10.4 Å². The third-order valence-corrected chi connectivity index (χ3v) is 6.16. The maximum absolute atomic E-state index is 14.1. The number of Topliss-reactive ketones (excluding diaryl/α,β-unsaturated/α-hetero) is 1. The Kier molecular flexibility index (Phi) is 5.83. The summed E-state index contributed by atoms with van der Waals surface area (Å²) in [6.07, 6.45) is 0.939. The van der Waals surface area contributed by atoms with E-state index in [2.05, 4.69) is 15.9 Å². The highest BCUT2D eigenvalue weighted by Gasteiger charge is 2.56. The number of hydrogen-bond acceptors (Lipinski definition) is 5. The number of aldehydes is 1. The molecule has 0 aliphatic carbocycles. The van der Waals surface area contributed by atoms with Crippen molar-refractivity contribution in [2.24, 2.45) is 0 Å². The van der Waals surface area contributed by atoms with E-state index < -0.39 is 11.5 Å². The molecule has 3 aromatic carbocycles. The van der Waals surface area contributed by atoms with Crippen LogP contribution < -0.4 is 14.2 Å². The van der Waals surface area contributed by atoms with E-state index in [1.807, 2.05) is 54.6 Å². The van der Waals surface area contributed by atoms with Crippen LogP contribution in [0.5, 0.6) is 17.2 Å². The largest absolute Gasteiger partial charge is 0.496 e. The SMILES string of the molecule is COc1cc(OC)c2c(c1)O[C@](c1ccc(Br)cc1)([C@@H](CC=O)c1ccccc1)C2=O. The molecule has 0 bridgehead atoms. The number of ketones is 1. The van der Waals surface area contributed by atoms with Crippen LogP contribution in [0.25, 0.3) is 0 Å². The third-order valence-electron chi connectivity index (χ3n) is 5.63. The first kappa shape index (κ1) is 21.1. The summed E-state index contributed by atoms with van der Waals surface area (Å²) in [5, 5.41) is 0. The van der Waals surface area contributed by atoms with Crippen LogP contribution in [0.3, 0.4) is 0 Å². The van der Waals surface area contributed by atoms with Crippen molar-refractivity contribution in [1.82, 2.24) is 0 Å². The Hall–Kier alpha value is -3.12. The van der Waals surface area contributed by atoms with Gasteiger partial charge in [0.05, 0.1) is 14.2 Å². The lowest BCUT2D eigenvalue weighted by atomic mass is 9.72. The summed E-state index contributed by atoms with van der Waals surface area (Å²) in [5.41, 5.74) is 0.418. The summed E-state index contributed by atoms with van der Waals surface area (Å²) in [7, 11) is 3.04. The summed E-state index contributed by atoms with van der Waals surface area (Å²) in [6, 6.07) is 20.2. The molecule has 31 heavy (non-hydrogen) atoms. The Bertz CT molecular complexity index is 1110. The van der Waals surface area contributed by atoms with E-state index in [0.29, 0.717) is 28.4 Å². The minimum Gasteiger partial charge on any atom is -0.496 e. The summed E-state index contributed by atoms with van der Waals surface area (Å²) >= 11 is 3.45. The second-order valence-electron chi connectivity index (χ2n) is 7.24. The Morgan fingerprint density at radius 1 is 1.03 bits per heavy atom. The molecule has 0 radical (unpaired) electrons. The van der Waals surface area contributed by atoms with E-state index >= 15 is 0 Å². The van der Waals surface area contributed by atoms with Gasteiger partial charge in [-0.15, -0.1) is 0 Å². The van der Waals surface area contributed by atoms with Crippen LogP contribution in [-0.4, -0.2) is 26.3 Å². The monoisotopic (exact) mass is 480 g/mol. The Morgan fingerprint density at radius 2 is 1.74 bits per heavy atom. The molecule has 5 nitrogen and oxygen atoms in total. The molecule has 0 spiro atoms. The van der Waals surface area contributed by atoms with Crippen molar-refractivity contribution in [3.63, 3.8) is 0 Å². The molecule has 6 heteroatoms. The first-order valence-electron chi connectivity index (χ1n) is 9.79. The van der Waals surface area contributed by atoms with Crippen molar-refractivity contribution in [2.75, 3.05) is 14.2 Å². The molecule has 0 amide bonds. The lowest BCUT2D eigenvalue weighted by molar-refractivity contribution is -0.109. The van der Waals surface area contributed by atoms with E-state index in [4.69, 9.17) is 14.2 Å². The van der Waals surface area contributed by atoms with E-state index in [0.717, 1.165) is 16.3 Å².